The van der Waals surface area contributed by atoms with Crippen molar-refractivity contribution < 1.29 is 19.4 Å². The first kappa shape index (κ1) is 14.4. The highest BCUT2D eigenvalue weighted by atomic mass is 28.2. The SMILES string of the molecule is CC=CC(=O)OCCC[SiH2]C1(O)CCCCO1. The Morgan fingerprint density at radius 2 is 2.41 bits per heavy atom. The lowest BCUT2D eigenvalue weighted by Crippen LogP contribution is -2.42. The summed E-state index contributed by atoms with van der Waals surface area (Å²) in [5, 5.41) is 10.1. The average Bonchev–Trinajstić information content (AvgIpc) is 2.30. The molecule has 0 bridgehead atoms. The first-order valence-electron chi connectivity index (χ1n) is 6.32. The van der Waals surface area contributed by atoms with E-state index in [0.29, 0.717) is 13.2 Å². The number of aliphatic hydroxyl groups is 1. The number of hydrogen-bond donors (Lipinski definition) is 1. The smallest absolute Gasteiger partial charge is 0.330 e. The molecule has 1 saturated heterocycles. The molecule has 1 heterocycles. The third-order valence-electron chi connectivity index (χ3n) is 2.84. The van der Waals surface area contributed by atoms with Gasteiger partial charge < -0.3 is 14.6 Å². The topological polar surface area (TPSA) is 55.8 Å². The summed E-state index contributed by atoms with van der Waals surface area (Å²) < 4.78 is 10.4. The van der Waals surface area contributed by atoms with Crippen LogP contribution in [-0.4, -0.2) is 39.2 Å². The number of ether oxygens (including phenoxy) is 2. The molecule has 1 rings (SSSR count). The van der Waals surface area contributed by atoms with Crippen molar-refractivity contribution in [1.29, 1.82) is 0 Å². The van der Waals surface area contributed by atoms with Gasteiger partial charge in [-0.3, -0.25) is 0 Å². The van der Waals surface area contributed by atoms with Gasteiger partial charge in [-0.1, -0.05) is 12.1 Å². The van der Waals surface area contributed by atoms with Crippen molar-refractivity contribution in [3.63, 3.8) is 0 Å². The van der Waals surface area contributed by atoms with Crippen LogP contribution in [0.25, 0.3) is 0 Å². The normalized spacial score (nSPS) is 25.8. The molecule has 17 heavy (non-hydrogen) atoms. The fourth-order valence-electron chi connectivity index (χ4n) is 1.90. The van der Waals surface area contributed by atoms with Crippen LogP contribution < -0.4 is 0 Å². The predicted octanol–water partition coefficient (Wildman–Crippen LogP) is 0.929. The number of hydrogen-bond acceptors (Lipinski definition) is 4. The lowest BCUT2D eigenvalue weighted by molar-refractivity contribution is -0.164. The maximum Gasteiger partial charge on any atom is 0.330 e. The van der Waals surface area contributed by atoms with Crippen LogP contribution in [0.4, 0.5) is 0 Å². The van der Waals surface area contributed by atoms with Crippen LogP contribution in [0.3, 0.4) is 0 Å². The van der Waals surface area contributed by atoms with Gasteiger partial charge in [0.05, 0.1) is 16.1 Å². The van der Waals surface area contributed by atoms with E-state index >= 15 is 0 Å². The molecule has 1 unspecified atom stereocenters. The summed E-state index contributed by atoms with van der Waals surface area (Å²) in [6.45, 7) is 2.90. The molecule has 1 aliphatic heterocycles. The van der Waals surface area contributed by atoms with Crippen molar-refractivity contribution in [2.24, 2.45) is 0 Å². The molecule has 98 valence electrons. The zero-order valence-corrected chi connectivity index (χ0v) is 11.9. The molecule has 5 heteroatoms. The monoisotopic (exact) mass is 258 g/mol. The first-order chi connectivity index (χ1) is 8.16. The zero-order valence-electron chi connectivity index (χ0n) is 10.5. The Labute approximate surface area is 105 Å². The van der Waals surface area contributed by atoms with Crippen LogP contribution in [0.1, 0.15) is 32.6 Å². The van der Waals surface area contributed by atoms with Gasteiger partial charge in [-0.2, -0.15) is 0 Å². The highest BCUT2D eigenvalue weighted by Gasteiger charge is 2.29. The molecule has 1 fully saturated rings. The summed E-state index contributed by atoms with van der Waals surface area (Å²) in [7, 11) is -0.663. The summed E-state index contributed by atoms with van der Waals surface area (Å²) >= 11 is 0. The lowest BCUT2D eigenvalue weighted by Gasteiger charge is -2.32. The summed E-state index contributed by atoms with van der Waals surface area (Å²) in [4.78, 5) is 11.0. The standard InChI is InChI=1S/C12H22O4Si/c1-2-6-11(13)15-8-5-10-17-12(14)7-3-4-9-16-12/h2,6,14H,3-5,7-10,17H2,1H3. The Morgan fingerprint density at radius 3 is 3.06 bits per heavy atom. The molecule has 0 radical (unpaired) electrons. The third kappa shape index (κ3) is 6.00. The Bertz CT molecular complexity index is 259. The minimum atomic E-state index is -0.800. The van der Waals surface area contributed by atoms with Crippen molar-refractivity contribution in [3.05, 3.63) is 12.2 Å². The third-order valence-corrected chi connectivity index (χ3v) is 5.03. The van der Waals surface area contributed by atoms with Crippen LogP contribution in [0, 0.1) is 0 Å². The van der Waals surface area contributed by atoms with Crippen molar-refractivity contribution in [3.8, 4) is 0 Å². The molecule has 1 aliphatic rings. The van der Waals surface area contributed by atoms with Crippen molar-refractivity contribution in [2.75, 3.05) is 13.2 Å². The molecule has 0 saturated carbocycles. The second-order valence-electron chi connectivity index (χ2n) is 4.38. The van der Waals surface area contributed by atoms with Crippen LogP contribution in [0.2, 0.25) is 6.04 Å². The summed E-state index contributed by atoms with van der Waals surface area (Å²) in [6, 6.07) is 0.944. The minimum Gasteiger partial charge on any atom is -0.463 e. The molecule has 1 N–H and O–H groups in total. The van der Waals surface area contributed by atoms with E-state index in [1.165, 1.54) is 6.08 Å². The van der Waals surface area contributed by atoms with Gasteiger partial charge in [0.2, 0.25) is 0 Å². The minimum absolute atomic E-state index is 0.290. The van der Waals surface area contributed by atoms with Gasteiger partial charge in [0.15, 0.2) is 0 Å². The fraction of sp³-hybridized carbons (Fsp3) is 0.750. The predicted molar refractivity (Wildman–Crippen MR) is 68.5 cm³/mol. The van der Waals surface area contributed by atoms with Crippen LogP contribution >= 0.6 is 0 Å². The molecule has 0 amide bonds. The first-order valence-corrected chi connectivity index (χ1v) is 8.03. The molecule has 4 nitrogen and oxygen atoms in total. The average molecular weight is 258 g/mol. The number of rotatable bonds is 6. The van der Waals surface area contributed by atoms with E-state index in [0.717, 1.165) is 31.7 Å². The highest BCUT2D eigenvalue weighted by Crippen LogP contribution is 2.22. The molecule has 0 aromatic carbocycles. The number of esters is 1. The van der Waals surface area contributed by atoms with E-state index in [-0.39, 0.29) is 5.97 Å². The zero-order chi connectivity index (χ0) is 12.6. The maximum atomic E-state index is 11.0. The number of allylic oxidation sites excluding steroid dienone is 1. The van der Waals surface area contributed by atoms with Crippen LogP contribution in [-0.2, 0) is 14.3 Å². The molecular formula is C12H22O4Si. The Kier molecular flexibility index (Phi) is 6.47. The second-order valence-corrected chi connectivity index (χ2v) is 6.69. The van der Waals surface area contributed by atoms with E-state index in [2.05, 4.69) is 0 Å². The molecule has 0 aromatic rings. The van der Waals surface area contributed by atoms with E-state index in [4.69, 9.17) is 9.47 Å². The van der Waals surface area contributed by atoms with Gasteiger partial charge in [0, 0.05) is 12.7 Å². The lowest BCUT2D eigenvalue weighted by atomic mass is 10.2. The van der Waals surface area contributed by atoms with Crippen LogP contribution in [0.15, 0.2) is 12.2 Å². The van der Waals surface area contributed by atoms with Crippen LogP contribution in [0.5, 0.6) is 0 Å². The molecular weight excluding hydrogens is 236 g/mol. The van der Waals surface area contributed by atoms with Crippen molar-refractivity contribution >= 4 is 15.5 Å². The highest BCUT2D eigenvalue weighted by molar-refractivity contribution is 6.38. The van der Waals surface area contributed by atoms with E-state index < -0.39 is 14.9 Å². The van der Waals surface area contributed by atoms with Gasteiger partial charge in [-0.15, -0.1) is 0 Å². The van der Waals surface area contributed by atoms with Gasteiger partial charge in [0.1, 0.15) is 5.41 Å². The van der Waals surface area contributed by atoms with Gasteiger partial charge in [-0.05, 0) is 32.6 Å². The Balaban J connectivity index is 2.05. The number of carbonyl (C=O) groups excluding carboxylic acids is 1. The Morgan fingerprint density at radius 1 is 1.59 bits per heavy atom. The molecule has 0 aromatic heterocycles. The van der Waals surface area contributed by atoms with Gasteiger partial charge in [0.25, 0.3) is 0 Å². The summed E-state index contributed by atoms with van der Waals surface area (Å²) in [6.07, 6.45) is 6.78. The van der Waals surface area contributed by atoms with Gasteiger partial charge >= 0.3 is 5.97 Å². The fourth-order valence-corrected chi connectivity index (χ4v) is 3.69. The van der Waals surface area contributed by atoms with Crippen molar-refractivity contribution in [2.45, 2.75) is 44.1 Å². The van der Waals surface area contributed by atoms with Crippen molar-refractivity contribution in [1.82, 2.24) is 0 Å². The largest absolute Gasteiger partial charge is 0.463 e. The van der Waals surface area contributed by atoms with E-state index in [1.54, 1.807) is 13.0 Å². The van der Waals surface area contributed by atoms with Gasteiger partial charge in [-0.25, -0.2) is 4.79 Å². The van der Waals surface area contributed by atoms with E-state index in [9.17, 15) is 9.90 Å². The quantitative estimate of drug-likeness (QED) is 0.333. The summed E-state index contributed by atoms with van der Waals surface area (Å²) in [5.41, 5.74) is -0.800. The number of carbonyl (C=O) groups is 1. The molecule has 1 atom stereocenters. The van der Waals surface area contributed by atoms with E-state index in [1.807, 2.05) is 0 Å². The molecule has 0 aliphatic carbocycles. The maximum absolute atomic E-state index is 11.0. The molecule has 0 spiro atoms. The summed E-state index contributed by atoms with van der Waals surface area (Å²) in [5.74, 6) is -0.290. The second kappa shape index (κ2) is 7.63. The Hall–Kier alpha value is -0.653.